The highest BCUT2D eigenvalue weighted by atomic mass is 19.1. The van der Waals surface area contributed by atoms with Crippen LogP contribution in [0.2, 0.25) is 0 Å². The fourth-order valence-electron chi connectivity index (χ4n) is 3.75. The first-order chi connectivity index (χ1) is 13.3. The van der Waals surface area contributed by atoms with Gasteiger partial charge in [0.1, 0.15) is 29.6 Å². The van der Waals surface area contributed by atoms with E-state index in [1.54, 1.807) is 12.1 Å². The Bertz CT molecular complexity index is 974. The van der Waals surface area contributed by atoms with Crippen LogP contribution in [0.4, 0.5) is 10.2 Å². The SMILES string of the molecule is Fc1ccc2cc1-c1ccn3ccc(nc13)NCCN1CCOC[C@H]1CO2. The van der Waals surface area contributed by atoms with Crippen LogP contribution in [0.15, 0.2) is 42.7 Å². The van der Waals surface area contributed by atoms with E-state index in [9.17, 15) is 4.39 Å². The number of hydrogen-bond acceptors (Lipinski definition) is 5. The van der Waals surface area contributed by atoms with Crippen LogP contribution in [0.3, 0.4) is 0 Å². The molecule has 1 aromatic carbocycles. The molecule has 7 heteroatoms. The molecular weight excluding hydrogens is 347 g/mol. The second-order valence-corrected chi connectivity index (χ2v) is 6.92. The van der Waals surface area contributed by atoms with Crippen LogP contribution >= 0.6 is 0 Å². The van der Waals surface area contributed by atoms with E-state index >= 15 is 0 Å². The minimum atomic E-state index is -0.287. The minimum absolute atomic E-state index is 0.178. The summed E-state index contributed by atoms with van der Waals surface area (Å²) in [7, 11) is 0. The first kappa shape index (κ1) is 16.5. The number of morpholine rings is 1. The number of hydrogen-bond donors (Lipinski definition) is 1. The maximum atomic E-state index is 14.6. The molecule has 140 valence electrons. The molecule has 2 aliphatic rings. The standard InChI is InChI=1S/C20H21FN4O2/c21-18-2-1-15-11-17(18)16-3-6-25-7-4-19(23-20(16)25)22-5-8-24-9-10-26-12-14(24)13-27-15/h1-4,6-7,11,14H,5,8-10,12-13H2,(H,22,23)/t14-/m0/s1. The third-order valence-electron chi connectivity index (χ3n) is 5.23. The van der Waals surface area contributed by atoms with Crippen LogP contribution in [0.1, 0.15) is 0 Å². The summed E-state index contributed by atoms with van der Waals surface area (Å²) in [6.07, 6.45) is 3.83. The van der Waals surface area contributed by atoms with Crippen molar-refractivity contribution in [3.63, 3.8) is 0 Å². The lowest BCUT2D eigenvalue weighted by atomic mass is 10.1. The van der Waals surface area contributed by atoms with Crippen molar-refractivity contribution >= 4 is 11.5 Å². The van der Waals surface area contributed by atoms with E-state index in [1.807, 2.05) is 28.9 Å². The molecule has 2 aromatic heterocycles. The lowest BCUT2D eigenvalue weighted by Crippen LogP contribution is -2.50. The van der Waals surface area contributed by atoms with E-state index in [-0.39, 0.29) is 11.9 Å². The maximum Gasteiger partial charge on any atom is 0.147 e. The normalized spacial score (nSPS) is 20.6. The van der Waals surface area contributed by atoms with Crippen molar-refractivity contribution in [2.24, 2.45) is 0 Å². The molecule has 0 amide bonds. The summed E-state index contributed by atoms with van der Waals surface area (Å²) < 4.78 is 28.1. The van der Waals surface area contributed by atoms with Crippen molar-refractivity contribution in [1.82, 2.24) is 14.3 Å². The molecule has 1 saturated heterocycles. The van der Waals surface area contributed by atoms with Crippen LogP contribution in [0.5, 0.6) is 5.75 Å². The summed E-state index contributed by atoms with van der Waals surface area (Å²) in [5, 5.41) is 3.39. The van der Waals surface area contributed by atoms with Gasteiger partial charge in [-0.15, -0.1) is 0 Å². The molecular formula is C20H21FN4O2. The second-order valence-electron chi connectivity index (χ2n) is 6.92. The van der Waals surface area contributed by atoms with Crippen LogP contribution < -0.4 is 10.1 Å². The topological polar surface area (TPSA) is 51.0 Å². The maximum absolute atomic E-state index is 14.6. The van der Waals surface area contributed by atoms with Crippen molar-refractivity contribution < 1.29 is 13.9 Å². The molecule has 4 heterocycles. The van der Waals surface area contributed by atoms with Gasteiger partial charge in [-0.25, -0.2) is 9.37 Å². The highest BCUT2D eigenvalue weighted by Crippen LogP contribution is 2.31. The van der Waals surface area contributed by atoms with E-state index in [4.69, 9.17) is 14.5 Å². The lowest BCUT2D eigenvalue weighted by Gasteiger charge is -2.35. The van der Waals surface area contributed by atoms with Gasteiger partial charge in [0.25, 0.3) is 0 Å². The fraction of sp³-hybridized carbons (Fsp3) is 0.350. The fourth-order valence-corrected chi connectivity index (χ4v) is 3.75. The van der Waals surface area contributed by atoms with Gasteiger partial charge in [-0.2, -0.15) is 0 Å². The van der Waals surface area contributed by atoms with Crippen LogP contribution in [0.25, 0.3) is 16.8 Å². The van der Waals surface area contributed by atoms with Gasteiger partial charge >= 0.3 is 0 Å². The Labute approximate surface area is 156 Å². The van der Waals surface area contributed by atoms with Gasteiger partial charge in [-0.1, -0.05) is 0 Å². The summed E-state index contributed by atoms with van der Waals surface area (Å²) in [5.74, 6) is 1.16. The Hall–Kier alpha value is -2.64. The molecule has 3 aromatic rings. The monoisotopic (exact) mass is 368 g/mol. The molecule has 0 spiro atoms. The number of rotatable bonds is 0. The molecule has 2 aliphatic heterocycles. The first-order valence-corrected chi connectivity index (χ1v) is 9.24. The zero-order chi connectivity index (χ0) is 18.2. The van der Waals surface area contributed by atoms with Crippen molar-refractivity contribution in [3.8, 4) is 16.9 Å². The summed E-state index contributed by atoms with van der Waals surface area (Å²) in [6, 6.07) is 8.89. The van der Waals surface area contributed by atoms with Crippen LogP contribution in [0, 0.1) is 5.82 Å². The van der Waals surface area contributed by atoms with Crippen molar-refractivity contribution in [3.05, 3.63) is 48.5 Å². The summed E-state index contributed by atoms with van der Waals surface area (Å²) >= 11 is 0. The Morgan fingerprint density at radius 2 is 2.00 bits per heavy atom. The van der Waals surface area contributed by atoms with Gasteiger partial charge in [0.15, 0.2) is 0 Å². The van der Waals surface area contributed by atoms with Gasteiger partial charge in [-0.3, -0.25) is 4.90 Å². The number of benzene rings is 1. The molecule has 1 N–H and O–H groups in total. The molecule has 4 bridgehead atoms. The largest absolute Gasteiger partial charge is 0.492 e. The van der Waals surface area contributed by atoms with Gasteiger partial charge in [0.05, 0.1) is 19.3 Å². The number of halogens is 1. The number of fused-ring (bicyclic) bond motifs is 5. The average Bonchev–Trinajstić information content (AvgIpc) is 3.11. The predicted molar refractivity (Wildman–Crippen MR) is 101 cm³/mol. The molecule has 27 heavy (non-hydrogen) atoms. The van der Waals surface area contributed by atoms with Gasteiger partial charge in [0, 0.05) is 43.2 Å². The van der Waals surface area contributed by atoms with Crippen molar-refractivity contribution in [1.29, 1.82) is 0 Å². The van der Waals surface area contributed by atoms with E-state index < -0.39 is 0 Å². The lowest BCUT2D eigenvalue weighted by molar-refractivity contribution is -0.0214. The first-order valence-electron chi connectivity index (χ1n) is 9.24. The minimum Gasteiger partial charge on any atom is -0.492 e. The third-order valence-corrected chi connectivity index (χ3v) is 5.23. The summed E-state index contributed by atoms with van der Waals surface area (Å²) in [6.45, 7) is 4.42. The van der Waals surface area contributed by atoms with E-state index in [0.717, 1.165) is 43.3 Å². The number of nitrogens with zero attached hydrogens (tertiary/aromatic N) is 3. The van der Waals surface area contributed by atoms with E-state index in [0.29, 0.717) is 24.5 Å². The summed E-state index contributed by atoms with van der Waals surface area (Å²) in [4.78, 5) is 7.07. The molecule has 1 fully saturated rings. The number of nitrogens with one attached hydrogen (secondary N) is 1. The molecule has 0 saturated carbocycles. The van der Waals surface area contributed by atoms with Crippen molar-refractivity contribution in [2.75, 3.05) is 44.8 Å². The van der Waals surface area contributed by atoms with Gasteiger partial charge in [-0.05, 0) is 30.3 Å². The molecule has 0 radical (unpaired) electrons. The average molecular weight is 368 g/mol. The Morgan fingerprint density at radius 3 is 2.96 bits per heavy atom. The predicted octanol–water partition coefficient (Wildman–Crippen LogP) is 2.65. The number of anilines is 1. The Morgan fingerprint density at radius 1 is 1.07 bits per heavy atom. The highest BCUT2D eigenvalue weighted by Gasteiger charge is 2.24. The van der Waals surface area contributed by atoms with Gasteiger partial charge < -0.3 is 19.2 Å². The number of ether oxygens (including phenoxy) is 2. The molecule has 5 rings (SSSR count). The van der Waals surface area contributed by atoms with E-state index in [1.165, 1.54) is 6.07 Å². The highest BCUT2D eigenvalue weighted by molar-refractivity contribution is 5.80. The molecule has 0 unspecified atom stereocenters. The van der Waals surface area contributed by atoms with Crippen LogP contribution in [-0.2, 0) is 4.74 Å². The van der Waals surface area contributed by atoms with E-state index in [2.05, 4.69) is 10.2 Å². The molecule has 6 nitrogen and oxygen atoms in total. The van der Waals surface area contributed by atoms with Gasteiger partial charge in [0.2, 0.25) is 0 Å². The van der Waals surface area contributed by atoms with Crippen molar-refractivity contribution in [2.45, 2.75) is 6.04 Å². The van der Waals surface area contributed by atoms with Crippen LogP contribution in [-0.4, -0.2) is 59.8 Å². The quantitative estimate of drug-likeness (QED) is 0.661. The number of aromatic nitrogens is 2. The molecule has 0 aliphatic carbocycles. The Balaban J connectivity index is 1.59. The second kappa shape index (κ2) is 6.83. The zero-order valence-corrected chi connectivity index (χ0v) is 14.9. The summed E-state index contributed by atoms with van der Waals surface area (Å²) in [5.41, 5.74) is 1.96. The Kier molecular flexibility index (Phi) is 4.18. The zero-order valence-electron chi connectivity index (χ0n) is 14.9. The third kappa shape index (κ3) is 3.13. The molecule has 1 atom stereocenters. The smallest absolute Gasteiger partial charge is 0.147 e.